The van der Waals surface area contributed by atoms with E-state index in [0.717, 1.165) is 6.42 Å². The molecular formula is C14H18Cl2N2O2. The SMILES string of the molecule is CCCNC(=O)[C@H](C)NC(=O)Cc1ccc(Cl)cc1Cl. The predicted molar refractivity (Wildman–Crippen MR) is 81.1 cm³/mol. The van der Waals surface area contributed by atoms with Crippen molar-refractivity contribution in [2.45, 2.75) is 32.7 Å². The van der Waals surface area contributed by atoms with Crippen molar-refractivity contribution < 1.29 is 9.59 Å². The van der Waals surface area contributed by atoms with Crippen molar-refractivity contribution in [2.75, 3.05) is 6.54 Å². The van der Waals surface area contributed by atoms with Crippen molar-refractivity contribution in [3.8, 4) is 0 Å². The molecule has 1 aromatic carbocycles. The third kappa shape index (κ3) is 5.39. The average molecular weight is 317 g/mol. The van der Waals surface area contributed by atoms with Crippen LogP contribution in [0.25, 0.3) is 0 Å². The summed E-state index contributed by atoms with van der Waals surface area (Å²) in [6.45, 7) is 4.21. The van der Waals surface area contributed by atoms with Gasteiger partial charge in [0.2, 0.25) is 11.8 Å². The van der Waals surface area contributed by atoms with Crippen molar-refractivity contribution in [3.05, 3.63) is 33.8 Å². The summed E-state index contributed by atoms with van der Waals surface area (Å²) in [6, 6.07) is 4.39. The Morgan fingerprint density at radius 1 is 1.30 bits per heavy atom. The minimum absolute atomic E-state index is 0.112. The molecule has 0 fully saturated rings. The first-order chi connectivity index (χ1) is 9.43. The van der Waals surface area contributed by atoms with Crippen molar-refractivity contribution >= 4 is 35.0 Å². The normalized spacial score (nSPS) is 11.8. The topological polar surface area (TPSA) is 58.2 Å². The minimum atomic E-state index is -0.569. The summed E-state index contributed by atoms with van der Waals surface area (Å²) in [5.41, 5.74) is 0.676. The van der Waals surface area contributed by atoms with Crippen molar-refractivity contribution in [1.29, 1.82) is 0 Å². The zero-order valence-electron chi connectivity index (χ0n) is 11.5. The maximum atomic E-state index is 11.9. The Hall–Kier alpha value is -1.26. The van der Waals surface area contributed by atoms with Gasteiger partial charge >= 0.3 is 0 Å². The van der Waals surface area contributed by atoms with Gasteiger partial charge in [-0.05, 0) is 31.0 Å². The summed E-state index contributed by atoms with van der Waals surface area (Å²) in [7, 11) is 0. The van der Waals surface area contributed by atoms with Crippen LogP contribution in [0.3, 0.4) is 0 Å². The number of hydrogen-bond donors (Lipinski definition) is 2. The highest BCUT2D eigenvalue weighted by atomic mass is 35.5. The average Bonchev–Trinajstić information content (AvgIpc) is 2.39. The number of amides is 2. The van der Waals surface area contributed by atoms with Crippen LogP contribution in [-0.2, 0) is 16.0 Å². The molecule has 1 aromatic rings. The second kappa shape index (κ2) is 8.12. The molecule has 0 saturated heterocycles. The molecule has 0 aliphatic carbocycles. The summed E-state index contributed by atoms with van der Waals surface area (Å²) < 4.78 is 0. The number of carbonyl (C=O) groups excluding carboxylic acids is 2. The smallest absolute Gasteiger partial charge is 0.242 e. The molecule has 0 aliphatic rings. The molecule has 0 aromatic heterocycles. The summed E-state index contributed by atoms with van der Waals surface area (Å²) in [6.07, 6.45) is 0.966. The predicted octanol–water partition coefficient (Wildman–Crippen LogP) is 2.57. The van der Waals surface area contributed by atoms with E-state index in [1.165, 1.54) is 0 Å². The van der Waals surface area contributed by atoms with Crippen LogP contribution in [0, 0.1) is 0 Å². The second-order valence-electron chi connectivity index (χ2n) is 4.49. The summed E-state index contributed by atoms with van der Waals surface area (Å²) >= 11 is 11.8. The van der Waals surface area contributed by atoms with Gasteiger partial charge < -0.3 is 10.6 Å². The van der Waals surface area contributed by atoms with E-state index in [-0.39, 0.29) is 18.2 Å². The van der Waals surface area contributed by atoms with Gasteiger partial charge in [0.15, 0.2) is 0 Å². The quantitative estimate of drug-likeness (QED) is 0.847. The van der Waals surface area contributed by atoms with Crippen LogP contribution >= 0.6 is 23.2 Å². The van der Waals surface area contributed by atoms with Gasteiger partial charge in [-0.1, -0.05) is 36.2 Å². The van der Waals surface area contributed by atoms with Gasteiger partial charge in [0, 0.05) is 16.6 Å². The molecule has 0 saturated carbocycles. The number of carbonyl (C=O) groups is 2. The Morgan fingerprint density at radius 2 is 2.00 bits per heavy atom. The fourth-order valence-corrected chi connectivity index (χ4v) is 2.07. The summed E-state index contributed by atoms with van der Waals surface area (Å²) in [5, 5.41) is 6.32. The van der Waals surface area contributed by atoms with Crippen LogP contribution < -0.4 is 10.6 Å². The van der Waals surface area contributed by atoms with E-state index < -0.39 is 6.04 Å². The highest BCUT2D eigenvalue weighted by Crippen LogP contribution is 2.21. The fourth-order valence-electron chi connectivity index (χ4n) is 1.60. The lowest BCUT2D eigenvalue weighted by atomic mass is 10.1. The lowest BCUT2D eigenvalue weighted by Crippen LogP contribution is -2.45. The molecule has 20 heavy (non-hydrogen) atoms. The molecular weight excluding hydrogens is 299 g/mol. The molecule has 0 unspecified atom stereocenters. The Bertz CT molecular complexity index is 492. The Balaban J connectivity index is 2.52. The maximum absolute atomic E-state index is 11.9. The second-order valence-corrected chi connectivity index (χ2v) is 5.34. The standard InChI is InChI=1S/C14H18Cl2N2O2/c1-3-6-17-14(20)9(2)18-13(19)7-10-4-5-11(15)8-12(10)16/h4-5,8-9H,3,6-7H2,1-2H3,(H,17,20)(H,18,19)/t9-/m0/s1. The fraction of sp³-hybridized carbons (Fsp3) is 0.429. The van der Waals surface area contributed by atoms with Gasteiger partial charge in [0.05, 0.1) is 6.42 Å². The summed E-state index contributed by atoms with van der Waals surface area (Å²) in [5.74, 6) is -0.448. The van der Waals surface area contributed by atoms with Gasteiger partial charge in [0.25, 0.3) is 0 Å². The van der Waals surface area contributed by atoms with Crippen LogP contribution in [0.1, 0.15) is 25.8 Å². The molecule has 0 aliphatic heterocycles. The van der Waals surface area contributed by atoms with Gasteiger partial charge in [0.1, 0.15) is 6.04 Å². The Labute approximate surface area is 128 Å². The van der Waals surface area contributed by atoms with Gasteiger partial charge in [-0.2, -0.15) is 0 Å². The van der Waals surface area contributed by atoms with E-state index >= 15 is 0 Å². The van der Waals surface area contributed by atoms with E-state index in [9.17, 15) is 9.59 Å². The van der Waals surface area contributed by atoms with Crippen LogP contribution in [0.4, 0.5) is 0 Å². The van der Waals surface area contributed by atoms with Gasteiger partial charge in [-0.15, -0.1) is 0 Å². The van der Waals surface area contributed by atoms with Gasteiger partial charge in [-0.3, -0.25) is 9.59 Å². The first-order valence-electron chi connectivity index (χ1n) is 6.45. The summed E-state index contributed by atoms with van der Waals surface area (Å²) in [4.78, 5) is 23.5. The molecule has 0 radical (unpaired) electrons. The monoisotopic (exact) mass is 316 g/mol. The highest BCUT2D eigenvalue weighted by Gasteiger charge is 2.15. The molecule has 0 bridgehead atoms. The lowest BCUT2D eigenvalue weighted by molar-refractivity contribution is -0.128. The highest BCUT2D eigenvalue weighted by molar-refractivity contribution is 6.35. The molecule has 2 amide bonds. The maximum Gasteiger partial charge on any atom is 0.242 e. The molecule has 1 rings (SSSR count). The first kappa shape index (κ1) is 16.8. The third-order valence-corrected chi connectivity index (χ3v) is 3.27. The van der Waals surface area contributed by atoms with Crippen molar-refractivity contribution in [2.24, 2.45) is 0 Å². The molecule has 6 heteroatoms. The van der Waals surface area contributed by atoms with Crippen LogP contribution in [0.15, 0.2) is 18.2 Å². The van der Waals surface area contributed by atoms with E-state index in [2.05, 4.69) is 10.6 Å². The van der Waals surface area contributed by atoms with Gasteiger partial charge in [-0.25, -0.2) is 0 Å². The molecule has 1 atom stereocenters. The lowest BCUT2D eigenvalue weighted by Gasteiger charge is -2.14. The van der Waals surface area contributed by atoms with Crippen molar-refractivity contribution in [3.63, 3.8) is 0 Å². The van der Waals surface area contributed by atoms with E-state index in [1.807, 2.05) is 6.92 Å². The van der Waals surface area contributed by atoms with E-state index in [0.29, 0.717) is 22.2 Å². The largest absolute Gasteiger partial charge is 0.354 e. The Kier molecular flexibility index (Phi) is 6.82. The van der Waals surface area contributed by atoms with E-state index in [4.69, 9.17) is 23.2 Å². The molecule has 0 spiro atoms. The zero-order valence-corrected chi connectivity index (χ0v) is 13.0. The molecule has 4 nitrogen and oxygen atoms in total. The zero-order chi connectivity index (χ0) is 15.1. The minimum Gasteiger partial charge on any atom is -0.354 e. The van der Waals surface area contributed by atoms with Crippen LogP contribution in [0.5, 0.6) is 0 Å². The number of hydrogen-bond acceptors (Lipinski definition) is 2. The number of benzene rings is 1. The molecule has 110 valence electrons. The van der Waals surface area contributed by atoms with Crippen molar-refractivity contribution in [1.82, 2.24) is 10.6 Å². The molecule has 0 heterocycles. The number of rotatable bonds is 6. The first-order valence-corrected chi connectivity index (χ1v) is 7.20. The molecule has 2 N–H and O–H groups in total. The van der Waals surface area contributed by atoms with E-state index in [1.54, 1.807) is 25.1 Å². The Morgan fingerprint density at radius 3 is 2.60 bits per heavy atom. The van der Waals surface area contributed by atoms with Crippen LogP contribution in [0.2, 0.25) is 10.0 Å². The number of halogens is 2. The van der Waals surface area contributed by atoms with Crippen LogP contribution in [-0.4, -0.2) is 24.4 Å². The third-order valence-electron chi connectivity index (χ3n) is 2.69. The number of nitrogens with one attached hydrogen (secondary N) is 2.